The number of ether oxygens (including phenoxy) is 1. The molecule has 1 atom stereocenters. The first kappa shape index (κ1) is 15.4. The van der Waals surface area contributed by atoms with Gasteiger partial charge in [-0.2, -0.15) is 0 Å². The highest BCUT2D eigenvalue weighted by Gasteiger charge is 2.27. The SMILES string of the molecule is Nc1ccc(C(=O)N2CCO[C@H](c3cccs3)C2)cc1[N+](=O)[O-]. The standard InChI is InChI=1S/C15H15N3O4S/c16-11-4-3-10(8-12(11)18(20)21)15(19)17-5-6-22-13(9-17)14-2-1-7-23-14/h1-4,7-8,13H,5-6,9,16H2/t13-/m0/s1. The Bertz CT molecular complexity index is 732. The number of nitrogens with two attached hydrogens (primary N) is 1. The summed E-state index contributed by atoms with van der Waals surface area (Å²) in [4.78, 5) is 25.7. The molecule has 1 aliphatic rings. The van der Waals surface area contributed by atoms with Gasteiger partial charge in [0, 0.05) is 23.1 Å². The molecule has 2 aromatic rings. The van der Waals surface area contributed by atoms with Crippen molar-refractivity contribution >= 4 is 28.6 Å². The van der Waals surface area contributed by atoms with Crippen molar-refractivity contribution in [3.8, 4) is 0 Å². The monoisotopic (exact) mass is 333 g/mol. The van der Waals surface area contributed by atoms with Gasteiger partial charge in [-0.25, -0.2) is 0 Å². The lowest BCUT2D eigenvalue weighted by molar-refractivity contribution is -0.383. The maximum absolute atomic E-state index is 12.6. The highest BCUT2D eigenvalue weighted by atomic mass is 32.1. The third kappa shape index (κ3) is 3.17. The number of anilines is 1. The van der Waals surface area contributed by atoms with E-state index in [1.54, 1.807) is 16.2 Å². The third-order valence-corrected chi connectivity index (χ3v) is 4.65. The second-order valence-electron chi connectivity index (χ2n) is 5.16. The summed E-state index contributed by atoms with van der Waals surface area (Å²) in [6.07, 6.45) is -0.156. The fourth-order valence-electron chi connectivity index (χ4n) is 2.50. The Morgan fingerprint density at radius 1 is 1.43 bits per heavy atom. The van der Waals surface area contributed by atoms with E-state index in [1.807, 2.05) is 17.5 Å². The number of morpholine rings is 1. The van der Waals surface area contributed by atoms with E-state index < -0.39 is 4.92 Å². The first-order valence-corrected chi connectivity index (χ1v) is 7.92. The van der Waals surface area contributed by atoms with Crippen LogP contribution in [0.25, 0.3) is 0 Å². The quantitative estimate of drug-likeness (QED) is 0.528. The minimum Gasteiger partial charge on any atom is -0.393 e. The number of hydrogen-bond donors (Lipinski definition) is 1. The van der Waals surface area contributed by atoms with Crippen LogP contribution in [-0.4, -0.2) is 35.4 Å². The molecule has 3 rings (SSSR count). The molecule has 0 saturated carbocycles. The minimum atomic E-state index is -0.583. The number of nitro groups is 1. The molecule has 1 aromatic carbocycles. The maximum atomic E-state index is 12.6. The molecule has 7 nitrogen and oxygen atoms in total. The van der Waals surface area contributed by atoms with Crippen molar-refractivity contribution in [1.82, 2.24) is 4.90 Å². The zero-order valence-corrected chi connectivity index (χ0v) is 13.0. The molecule has 1 saturated heterocycles. The van der Waals surface area contributed by atoms with Gasteiger partial charge in [-0.05, 0) is 23.6 Å². The van der Waals surface area contributed by atoms with Gasteiger partial charge in [-0.15, -0.1) is 11.3 Å². The zero-order valence-electron chi connectivity index (χ0n) is 12.2. The van der Waals surface area contributed by atoms with Gasteiger partial charge < -0.3 is 15.4 Å². The van der Waals surface area contributed by atoms with Crippen LogP contribution in [-0.2, 0) is 4.74 Å². The Morgan fingerprint density at radius 2 is 2.26 bits per heavy atom. The van der Waals surface area contributed by atoms with Crippen LogP contribution in [0.4, 0.5) is 11.4 Å². The predicted octanol–water partition coefficient (Wildman–Crippen LogP) is 2.45. The van der Waals surface area contributed by atoms with Crippen molar-refractivity contribution in [2.24, 2.45) is 0 Å². The van der Waals surface area contributed by atoms with Gasteiger partial charge >= 0.3 is 0 Å². The Balaban J connectivity index is 1.80. The summed E-state index contributed by atoms with van der Waals surface area (Å²) in [5.41, 5.74) is 5.63. The van der Waals surface area contributed by atoms with E-state index in [0.717, 1.165) is 4.88 Å². The van der Waals surface area contributed by atoms with Crippen molar-refractivity contribution in [1.29, 1.82) is 0 Å². The smallest absolute Gasteiger partial charge is 0.292 e. The number of rotatable bonds is 3. The van der Waals surface area contributed by atoms with Crippen LogP contribution in [0.5, 0.6) is 0 Å². The Morgan fingerprint density at radius 3 is 2.96 bits per heavy atom. The summed E-state index contributed by atoms with van der Waals surface area (Å²) in [7, 11) is 0. The lowest BCUT2D eigenvalue weighted by Crippen LogP contribution is -2.42. The van der Waals surface area contributed by atoms with Gasteiger partial charge in [0.05, 0.1) is 18.1 Å². The number of carbonyl (C=O) groups is 1. The Kier molecular flexibility index (Phi) is 4.26. The first-order valence-electron chi connectivity index (χ1n) is 7.04. The molecule has 120 valence electrons. The summed E-state index contributed by atoms with van der Waals surface area (Å²) < 4.78 is 5.71. The van der Waals surface area contributed by atoms with Crippen LogP contribution in [0, 0.1) is 10.1 Å². The number of hydrogen-bond acceptors (Lipinski definition) is 6. The summed E-state index contributed by atoms with van der Waals surface area (Å²) in [5, 5.41) is 12.9. The predicted molar refractivity (Wildman–Crippen MR) is 86.4 cm³/mol. The van der Waals surface area contributed by atoms with Gasteiger partial charge in [0.2, 0.25) is 0 Å². The van der Waals surface area contributed by atoms with E-state index in [9.17, 15) is 14.9 Å². The number of amides is 1. The van der Waals surface area contributed by atoms with E-state index in [-0.39, 0.29) is 28.9 Å². The Labute approximate surface area is 136 Å². The lowest BCUT2D eigenvalue weighted by atomic mass is 10.1. The molecule has 0 spiro atoms. The molecule has 2 N–H and O–H groups in total. The molecule has 1 fully saturated rings. The molecule has 1 amide bonds. The molecule has 8 heteroatoms. The van der Waals surface area contributed by atoms with Crippen LogP contribution in [0.1, 0.15) is 21.3 Å². The summed E-state index contributed by atoms with van der Waals surface area (Å²) in [5.74, 6) is -0.252. The zero-order chi connectivity index (χ0) is 16.4. The lowest BCUT2D eigenvalue weighted by Gasteiger charge is -2.32. The highest BCUT2D eigenvalue weighted by Crippen LogP contribution is 2.28. The number of nitrogen functional groups attached to an aromatic ring is 1. The van der Waals surface area contributed by atoms with Gasteiger partial charge in [-0.1, -0.05) is 6.07 Å². The number of nitro benzene ring substituents is 1. The second kappa shape index (κ2) is 6.35. The molecule has 0 aliphatic carbocycles. The van der Waals surface area contributed by atoms with Crippen LogP contribution in [0.2, 0.25) is 0 Å². The highest BCUT2D eigenvalue weighted by molar-refractivity contribution is 7.10. The maximum Gasteiger partial charge on any atom is 0.292 e. The second-order valence-corrected chi connectivity index (χ2v) is 6.14. The van der Waals surface area contributed by atoms with E-state index >= 15 is 0 Å². The summed E-state index contributed by atoms with van der Waals surface area (Å²) in [6, 6.07) is 8.04. The minimum absolute atomic E-state index is 0.0463. The molecule has 0 unspecified atom stereocenters. The van der Waals surface area contributed by atoms with Crippen molar-refractivity contribution in [3.05, 3.63) is 56.3 Å². The normalized spacial score (nSPS) is 17.9. The van der Waals surface area contributed by atoms with Crippen LogP contribution in [0.15, 0.2) is 35.7 Å². The molecule has 0 radical (unpaired) electrons. The average Bonchev–Trinajstić information content (AvgIpc) is 3.09. The van der Waals surface area contributed by atoms with Crippen LogP contribution in [0.3, 0.4) is 0 Å². The largest absolute Gasteiger partial charge is 0.393 e. The summed E-state index contributed by atoms with van der Waals surface area (Å²) in [6.45, 7) is 1.32. The Hall–Kier alpha value is -2.45. The molecule has 1 aromatic heterocycles. The van der Waals surface area contributed by atoms with Gasteiger partial charge in [0.1, 0.15) is 11.8 Å². The van der Waals surface area contributed by atoms with Crippen molar-refractivity contribution in [2.45, 2.75) is 6.10 Å². The summed E-state index contributed by atoms with van der Waals surface area (Å²) >= 11 is 1.58. The van der Waals surface area contributed by atoms with Crippen molar-refractivity contribution in [2.75, 3.05) is 25.4 Å². The van der Waals surface area contributed by atoms with Gasteiger partial charge in [0.25, 0.3) is 11.6 Å². The molecule has 0 bridgehead atoms. The van der Waals surface area contributed by atoms with E-state index in [4.69, 9.17) is 10.5 Å². The van der Waals surface area contributed by atoms with Gasteiger partial charge in [0.15, 0.2) is 0 Å². The van der Waals surface area contributed by atoms with Crippen LogP contribution < -0.4 is 5.73 Å². The van der Waals surface area contributed by atoms with Crippen molar-refractivity contribution < 1.29 is 14.5 Å². The third-order valence-electron chi connectivity index (χ3n) is 3.69. The van der Waals surface area contributed by atoms with E-state index in [0.29, 0.717) is 19.7 Å². The van der Waals surface area contributed by atoms with Crippen molar-refractivity contribution in [3.63, 3.8) is 0 Å². The molecular weight excluding hydrogens is 318 g/mol. The molecule has 1 aliphatic heterocycles. The molecule has 23 heavy (non-hydrogen) atoms. The van der Waals surface area contributed by atoms with E-state index in [2.05, 4.69) is 0 Å². The van der Waals surface area contributed by atoms with Gasteiger partial charge in [-0.3, -0.25) is 14.9 Å². The topological polar surface area (TPSA) is 98.7 Å². The van der Waals surface area contributed by atoms with E-state index in [1.165, 1.54) is 18.2 Å². The average molecular weight is 333 g/mol. The number of benzene rings is 1. The number of nitrogens with zero attached hydrogens (tertiary/aromatic N) is 2. The van der Waals surface area contributed by atoms with Crippen LogP contribution >= 0.6 is 11.3 Å². The fourth-order valence-corrected chi connectivity index (χ4v) is 3.26. The number of carbonyl (C=O) groups excluding carboxylic acids is 1. The molecular formula is C15H15N3O4S. The number of thiophene rings is 1. The molecule has 2 heterocycles. The first-order chi connectivity index (χ1) is 11.1. The fraction of sp³-hybridized carbons (Fsp3) is 0.267.